The predicted octanol–water partition coefficient (Wildman–Crippen LogP) is 1.33. The number of hydrogen-bond donors (Lipinski definition) is 0. The van der Waals surface area contributed by atoms with Gasteiger partial charge in [-0.2, -0.15) is 8.42 Å². The zero-order valence-electron chi connectivity index (χ0n) is 12.6. The summed E-state index contributed by atoms with van der Waals surface area (Å²) >= 11 is 0. The number of likely N-dealkylation sites (tertiary alicyclic amines) is 1. The first-order valence-corrected chi connectivity index (χ1v) is 8.24. The summed E-state index contributed by atoms with van der Waals surface area (Å²) in [6.45, 7) is 5.42. The number of rotatable bonds is 3. The third-order valence-electron chi connectivity index (χ3n) is 2.69. The quantitative estimate of drug-likeness (QED) is 0.732. The van der Waals surface area contributed by atoms with Crippen LogP contribution in [0.4, 0.5) is 4.79 Å². The number of hydrogen-bond acceptors (Lipinski definition) is 6. The van der Waals surface area contributed by atoms with Crippen molar-refractivity contribution in [3.8, 4) is 0 Å². The second-order valence-electron chi connectivity index (χ2n) is 5.82. The molecule has 7 nitrogen and oxygen atoms in total. The van der Waals surface area contributed by atoms with Crippen LogP contribution in [0.3, 0.4) is 0 Å². The fraction of sp³-hybridized carbons (Fsp3) is 0.917. The SMILES string of the molecule is COC1CCC(OS(C)(=O)=O)CN1C(=O)OC(C)(C)C. The summed E-state index contributed by atoms with van der Waals surface area (Å²) in [6.07, 6.45) is 0.466. The van der Waals surface area contributed by atoms with Gasteiger partial charge >= 0.3 is 6.09 Å². The van der Waals surface area contributed by atoms with Gasteiger partial charge in [0.25, 0.3) is 10.1 Å². The fourth-order valence-electron chi connectivity index (χ4n) is 2.00. The highest BCUT2D eigenvalue weighted by Gasteiger charge is 2.36. The fourth-order valence-corrected chi connectivity index (χ4v) is 2.65. The molecule has 0 N–H and O–H groups in total. The van der Waals surface area contributed by atoms with Gasteiger partial charge in [-0.3, -0.25) is 9.08 Å². The molecule has 0 spiro atoms. The third kappa shape index (κ3) is 5.64. The molecule has 1 aliphatic heterocycles. The second-order valence-corrected chi connectivity index (χ2v) is 7.42. The molecular weight excluding hydrogens is 286 g/mol. The largest absolute Gasteiger partial charge is 0.444 e. The maximum Gasteiger partial charge on any atom is 0.412 e. The van der Waals surface area contributed by atoms with E-state index in [0.717, 1.165) is 6.26 Å². The molecule has 0 aliphatic carbocycles. The van der Waals surface area contributed by atoms with E-state index in [0.29, 0.717) is 12.8 Å². The van der Waals surface area contributed by atoms with E-state index in [-0.39, 0.29) is 6.54 Å². The highest BCUT2D eigenvalue weighted by atomic mass is 32.2. The molecule has 1 heterocycles. The number of ether oxygens (including phenoxy) is 2. The topological polar surface area (TPSA) is 82.1 Å². The van der Waals surface area contributed by atoms with Crippen molar-refractivity contribution >= 4 is 16.2 Å². The number of piperidine rings is 1. The minimum atomic E-state index is -3.55. The zero-order chi connectivity index (χ0) is 15.6. The smallest absolute Gasteiger partial charge is 0.412 e. The van der Waals surface area contributed by atoms with Crippen LogP contribution in [0, 0.1) is 0 Å². The zero-order valence-corrected chi connectivity index (χ0v) is 13.4. The van der Waals surface area contributed by atoms with Gasteiger partial charge in [0, 0.05) is 7.11 Å². The van der Waals surface area contributed by atoms with Gasteiger partial charge in [-0.25, -0.2) is 4.79 Å². The summed E-state index contributed by atoms with van der Waals surface area (Å²) in [5.41, 5.74) is -0.625. The lowest BCUT2D eigenvalue weighted by Gasteiger charge is -2.38. The average Bonchev–Trinajstić information content (AvgIpc) is 2.24. The maximum absolute atomic E-state index is 12.1. The molecule has 1 fully saturated rings. The number of carbonyl (C=O) groups is 1. The maximum atomic E-state index is 12.1. The van der Waals surface area contributed by atoms with Crippen LogP contribution in [-0.4, -0.2) is 57.3 Å². The molecule has 1 saturated heterocycles. The normalized spacial score (nSPS) is 24.6. The van der Waals surface area contributed by atoms with E-state index >= 15 is 0 Å². The van der Waals surface area contributed by atoms with Gasteiger partial charge in [0.05, 0.1) is 18.9 Å². The van der Waals surface area contributed by atoms with E-state index in [1.165, 1.54) is 12.0 Å². The van der Waals surface area contributed by atoms with Crippen LogP contribution in [0.5, 0.6) is 0 Å². The summed E-state index contributed by atoms with van der Waals surface area (Å²) < 4.78 is 37.8. The Morgan fingerprint density at radius 2 is 1.85 bits per heavy atom. The highest BCUT2D eigenvalue weighted by Crippen LogP contribution is 2.23. The van der Waals surface area contributed by atoms with Crippen LogP contribution >= 0.6 is 0 Å². The predicted molar refractivity (Wildman–Crippen MR) is 72.7 cm³/mol. The number of amides is 1. The summed E-state index contributed by atoms with van der Waals surface area (Å²) in [4.78, 5) is 13.5. The van der Waals surface area contributed by atoms with Crippen molar-refractivity contribution in [2.45, 2.75) is 51.5 Å². The number of methoxy groups -OCH3 is 1. The highest BCUT2D eigenvalue weighted by molar-refractivity contribution is 7.86. The molecule has 118 valence electrons. The Bertz CT molecular complexity index is 441. The Balaban J connectivity index is 2.75. The van der Waals surface area contributed by atoms with Gasteiger partial charge in [-0.1, -0.05) is 0 Å². The minimum absolute atomic E-state index is 0.125. The lowest BCUT2D eigenvalue weighted by Crippen LogP contribution is -2.51. The monoisotopic (exact) mass is 309 g/mol. The van der Waals surface area contributed by atoms with Crippen molar-refractivity contribution in [1.29, 1.82) is 0 Å². The van der Waals surface area contributed by atoms with E-state index in [1.54, 1.807) is 20.8 Å². The molecule has 0 bridgehead atoms. The first-order valence-electron chi connectivity index (χ1n) is 6.42. The van der Waals surface area contributed by atoms with Gasteiger partial charge in [0.2, 0.25) is 0 Å². The van der Waals surface area contributed by atoms with Crippen molar-refractivity contribution < 1.29 is 26.9 Å². The molecule has 8 heteroatoms. The van der Waals surface area contributed by atoms with E-state index < -0.39 is 34.1 Å². The first kappa shape index (κ1) is 17.2. The van der Waals surface area contributed by atoms with Crippen LogP contribution in [0.15, 0.2) is 0 Å². The molecule has 20 heavy (non-hydrogen) atoms. The lowest BCUT2D eigenvalue weighted by atomic mass is 10.1. The van der Waals surface area contributed by atoms with Gasteiger partial charge < -0.3 is 9.47 Å². The summed E-state index contributed by atoms with van der Waals surface area (Å²) in [6, 6.07) is 0. The minimum Gasteiger partial charge on any atom is -0.444 e. The lowest BCUT2D eigenvalue weighted by molar-refractivity contribution is -0.0849. The molecule has 0 radical (unpaired) electrons. The van der Waals surface area contributed by atoms with E-state index in [2.05, 4.69) is 0 Å². The van der Waals surface area contributed by atoms with Crippen LogP contribution in [0.2, 0.25) is 0 Å². The van der Waals surface area contributed by atoms with Crippen LogP contribution in [0.1, 0.15) is 33.6 Å². The average molecular weight is 309 g/mol. The molecule has 2 unspecified atom stereocenters. The first-order chi connectivity index (χ1) is 9.02. The molecule has 1 aliphatic rings. The van der Waals surface area contributed by atoms with Crippen molar-refractivity contribution in [2.75, 3.05) is 19.9 Å². The standard InChI is InChI=1S/C12H23NO6S/c1-12(2,3)18-11(14)13-8-9(19-20(5,15)16)6-7-10(13)17-4/h9-10H,6-8H2,1-5H3. The molecule has 0 aromatic heterocycles. The van der Waals surface area contributed by atoms with Gasteiger partial charge in [-0.05, 0) is 33.6 Å². The van der Waals surface area contributed by atoms with Crippen LogP contribution in [-0.2, 0) is 23.8 Å². The van der Waals surface area contributed by atoms with E-state index in [1.807, 2.05) is 0 Å². The molecule has 0 aromatic carbocycles. The summed E-state index contributed by atoms with van der Waals surface area (Å²) in [7, 11) is -2.05. The van der Waals surface area contributed by atoms with Crippen molar-refractivity contribution in [1.82, 2.24) is 4.90 Å². The number of nitrogens with zero attached hydrogens (tertiary/aromatic N) is 1. The van der Waals surface area contributed by atoms with Crippen molar-refractivity contribution in [2.24, 2.45) is 0 Å². The second kappa shape index (κ2) is 6.28. The Labute approximate surface area is 120 Å². The molecule has 0 saturated carbocycles. The molecular formula is C12H23NO6S. The van der Waals surface area contributed by atoms with Crippen LogP contribution in [0.25, 0.3) is 0 Å². The molecule has 1 rings (SSSR count). The van der Waals surface area contributed by atoms with Crippen LogP contribution < -0.4 is 0 Å². The van der Waals surface area contributed by atoms with Gasteiger partial charge in [0.1, 0.15) is 11.8 Å². The van der Waals surface area contributed by atoms with Crippen molar-refractivity contribution in [3.63, 3.8) is 0 Å². The Morgan fingerprint density at radius 1 is 1.25 bits per heavy atom. The Kier molecular flexibility index (Phi) is 5.39. The Morgan fingerprint density at radius 3 is 2.30 bits per heavy atom. The van der Waals surface area contributed by atoms with Gasteiger partial charge in [0.15, 0.2) is 0 Å². The van der Waals surface area contributed by atoms with Crippen molar-refractivity contribution in [3.05, 3.63) is 0 Å². The number of carbonyl (C=O) groups excluding carboxylic acids is 1. The molecule has 1 amide bonds. The third-order valence-corrected chi connectivity index (χ3v) is 3.32. The van der Waals surface area contributed by atoms with E-state index in [4.69, 9.17) is 13.7 Å². The molecule has 0 aromatic rings. The van der Waals surface area contributed by atoms with E-state index in [9.17, 15) is 13.2 Å². The van der Waals surface area contributed by atoms with Gasteiger partial charge in [-0.15, -0.1) is 0 Å². The Hall–Kier alpha value is -0.860. The summed E-state index contributed by atoms with van der Waals surface area (Å²) in [5.74, 6) is 0. The summed E-state index contributed by atoms with van der Waals surface area (Å²) in [5, 5.41) is 0. The molecule has 2 atom stereocenters.